The van der Waals surface area contributed by atoms with E-state index in [4.69, 9.17) is 18.9 Å². The van der Waals surface area contributed by atoms with Crippen molar-refractivity contribution in [2.24, 2.45) is 0 Å². The van der Waals surface area contributed by atoms with E-state index in [-0.39, 0.29) is 45.3 Å². The third-order valence-corrected chi connectivity index (χ3v) is 11.9. The third-order valence-electron chi connectivity index (χ3n) is 11.9. The molecule has 0 amide bonds. The lowest BCUT2D eigenvalue weighted by atomic mass is 10.00. The molecule has 0 bridgehead atoms. The number of hydrogen-bond donors (Lipinski definition) is 0. The lowest BCUT2D eigenvalue weighted by molar-refractivity contribution is 0.0716. The van der Waals surface area contributed by atoms with E-state index in [1.807, 2.05) is 0 Å². The highest BCUT2D eigenvalue weighted by Crippen LogP contribution is 2.28. The van der Waals surface area contributed by atoms with Crippen molar-refractivity contribution in [2.75, 3.05) is 0 Å². The fourth-order valence-electron chi connectivity index (χ4n) is 7.86. The number of benzene rings is 7. The van der Waals surface area contributed by atoms with Gasteiger partial charge < -0.3 is 18.9 Å². The van der Waals surface area contributed by atoms with Crippen LogP contribution in [0.1, 0.15) is 131 Å². The van der Waals surface area contributed by atoms with Crippen LogP contribution in [0.3, 0.4) is 0 Å². The van der Waals surface area contributed by atoms with Crippen molar-refractivity contribution in [1.29, 1.82) is 0 Å². The molecule has 8 nitrogen and oxygen atoms in total. The van der Waals surface area contributed by atoms with Crippen LogP contribution in [0.25, 0.3) is 22.3 Å². The molecule has 0 atom stereocenters. The monoisotopic (exact) mass is 942 g/mol. The highest BCUT2D eigenvalue weighted by Gasteiger charge is 2.19. The third kappa shape index (κ3) is 14.2. The maximum Gasteiger partial charge on any atom is 0.343 e. The largest absolute Gasteiger partial charge is 0.423 e. The van der Waals surface area contributed by atoms with Crippen molar-refractivity contribution in [3.8, 4) is 45.3 Å². The second kappa shape index (κ2) is 25.1. The lowest BCUT2D eigenvalue weighted by Crippen LogP contribution is -2.12. The Morgan fingerprint density at radius 3 is 1.04 bits per heavy atom. The Bertz CT molecular complexity index is 2680. The van der Waals surface area contributed by atoms with Crippen molar-refractivity contribution >= 4 is 23.9 Å². The molecule has 0 aliphatic heterocycles. The molecule has 0 spiro atoms. The number of carbonyl (C=O) groups excluding carboxylic acids is 4. The van der Waals surface area contributed by atoms with E-state index in [9.17, 15) is 19.2 Å². The highest BCUT2D eigenvalue weighted by atomic mass is 19.1. The fourth-order valence-corrected chi connectivity index (χ4v) is 7.86. The Labute approximate surface area is 408 Å². The molecule has 0 radical (unpaired) electrons. The minimum absolute atomic E-state index is 0.0358. The Kier molecular flexibility index (Phi) is 18.0. The first-order chi connectivity index (χ1) is 34.1. The fraction of sp³-hybridized carbons (Fsp3) is 0.233. The molecular formula is C60H56F2O8. The van der Waals surface area contributed by atoms with Gasteiger partial charge in [0.25, 0.3) is 0 Å². The topological polar surface area (TPSA) is 105 Å². The molecule has 0 aliphatic rings. The summed E-state index contributed by atoms with van der Waals surface area (Å²) >= 11 is 0. The van der Waals surface area contributed by atoms with Crippen LogP contribution >= 0.6 is 0 Å². The van der Waals surface area contributed by atoms with Gasteiger partial charge in [-0.25, -0.2) is 28.0 Å². The summed E-state index contributed by atoms with van der Waals surface area (Å²) in [4.78, 5) is 51.9. The zero-order valence-corrected chi connectivity index (χ0v) is 39.5. The molecule has 7 rings (SSSR count). The molecule has 0 aromatic heterocycles. The standard InChI is InChI=1S/C60H56F2O8/c1-3-5-7-9-11-14-41-18-22-43(23-19-41)45-26-30-47(31-27-45)57(63)69-55-36-34-49(38-53(55)61)59(65)67-51-16-13-17-52(40-51)68-60(66)50-35-37-56(54(62)39-50)70-58(64)48-32-28-46(29-33-48)44-24-20-42(21-25-44)15-12-10-8-6-4-2/h13,16-40H,3-12,14-15H2,1-2H3. The van der Waals surface area contributed by atoms with Gasteiger partial charge in [0.2, 0.25) is 0 Å². The van der Waals surface area contributed by atoms with E-state index >= 15 is 8.78 Å². The highest BCUT2D eigenvalue weighted by molar-refractivity contribution is 5.94. The molecule has 0 unspecified atom stereocenters. The molecule has 0 aliphatic carbocycles. The number of ether oxygens (including phenoxy) is 4. The Balaban J connectivity index is 0.874. The number of aryl methyl sites for hydroxylation is 2. The minimum Gasteiger partial charge on any atom is -0.423 e. The van der Waals surface area contributed by atoms with E-state index in [1.54, 1.807) is 48.5 Å². The molecule has 0 saturated heterocycles. The zero-order valence-electron chi connectivity index (χ0n) is 39.5. The van der Waals surface area contributed by atoms with Crippen LogP contribution < -0.4 is 18.9 Å². The second-order valence-electron chi connectivity index (χ2n) is 17.2. The molecule has 0 fully saturated rings. The SMILES string of the molecule is CCCCCCCc1ccc(-c2ccc(C(=O)Oc3ccc(C(=O)Oc4cccc(OC(=O)c5ccc(OC(=O)c6ccc(-c7ccc(CCCCCCC)cc7)cc6)c(F)c5)c4)cc3F)cc2)cc1. The van der Waals surface area contributed by atoms with Crippen molar-refractivity contribution in [3.63, 3.8) is 0 Å². The molecule has 0 heterocycles. The van der Waals surface area contributed by atoms with Gasteiger partial charge in [-0.15, -0.1) is 0 Å². The van der Waals surface area contributed by atoms with Gasteiger partial charge in [0.15, 0.2) is 23.1 Å². The normalized spacial score (nSPS) is 10.9. The number of halogens is 2. The van der Waals surface area contributed by atoms with Crippen LogP contribution in [0.2, 0.25) is 0 Å². The van der Waals surface area contributed by atoms with Gasteiger partial charge in [-0.05, 0) is 132 Å². The van der Waals surface area contributed by atoms with E-state index < -0.39 is 35.5 Å². The lowest BCUT2D eigenvalue weighted by Gasteiger charge is -2.10. The Morgan fingerprint density at radius 2 is 0.686 bits per heavy atom. The minimum atomic E-state index is -0.963. The molecule has 7 aromatic rings. The van der Waals surface area contributed by atoms with Gasteiger partial charge >= 0.3 is 23.9 Å². The Hall–Kier alpha value is -7.72. The van der Waals surface area contributed by atoms with Crippen LogP contribution in [0.4, 0.5) is 8.78 Å². The summed E-state index contributed by atoms with van der Waals surface area (Å²) in [7, 11) is 0. The Morgan fingerprint density at radius 1 is 0.357 bits per heavy atom. The summed E-state index contributed by atoms with van der Waals surface area (Å²) in [6.07, 6.45) is 14.4. The van der Waals surface area contributed by atoms with Crippen molar-refractivity contribution in [3.05, 3.63) is 203 Å². The van der Waals surface area contributed by atoms with Gasteiger partial charge in [-0.3, -0.25) is 0 Å². The van der Waals surface area contributed by atoms with Gasteiger partial charge in [0, 0.05) is 6.07 Å². The number of unbranched alkanes of at least 4 members (excludes halogenated alkanes) is 8. The first-order valence-electron chi connectivity index (χ1n) is 24.0. The molecule has 358 valence electrons. The molecular weight excluding hydrogens is 887 g/mol. The molecule has 0 N–H and O–H groups in total. The number of esters is 4. The van der Waals surface area contributed by atoms with Crippen molar-refractivity contribution in [1.82, 2.24) is 0 Å². The second-order valence-corrected chi connectivity index (χ2v) is 17.2. The van der Waals surface area contributed by atoms with Crippen LogP contribution in [-0.2, 0) is 12.8 Å². The quantitative estimate of drug-likeness (QED) is 0.0376. The number of hydrogen-bond acceptors (Lipinski definition) is 8. The van der Waals surface area contributed by atoms with E-state index in [1.165, 1.54) is 112 Å². The van der Waals surface area contributed by atoms with Gasteiger partial charge in [0.1, 0.15) is 11.5 Å². The van der Waals surface area contributed by atoms with Gasteiger partial charge in [0.05, 0.1) is 22.3 Å². The average Bonchev–Trinajstić information content (AvgIpc) is 3.38. The van der Waals surface area contributed by atoms with E-state index in [2.05, 4.69) is 62.4 Å². The van der Waals surface area contributed by atoms with E-state index in [0.29, 0.717) is 0 Å². The average molecular weight is 943 g/mol. The van der Waals surface area contributed by atoms with Crippen LogP contribution in [0.15, 0.2) is 158 Å². The summed E-state index contributed by atoms with van der Waals surface area (Å²) in [5, 5.41) is 0. The molecule has 70 heavy (non-hydrogen) atoms. The molecule has 7 aromatic carbocycles. The van der Waals surface area contributed by atoms with Crippen molar-refractivity contribution < 1.29 is 46.9 Å². The summed E-state index contributed by atoms with van der Waals surface area (Å²) in [6, 6.07) is 42.5. The summed E-state index contributed by atoms with van der Waals surface area (Å²) in [6.45, 7) is 4.42. The molecule has 10 heteroatoms. The summed E-state index contributed by atoms with van der Waals surface area (Å²) < 4.78 is 51.8. The molecule has 0 saturated carbocycles. The van der Waals surface area contributed by atoms with Crippen LogP contribution in [-0.4, -0.2) is 23.9 Å². The van der Waals surface area contributed by atoms with Gasteiger partial charge in [-0.1, -0.05) is 144 Å². The van der Waals surface area contributed by atoms with Crippen LogP contribution in [0, 0.1) is 11.6 Å². The maximum atomic E-state index is 15.2. The van der Waals surface area contributed by atoms with Gasteiger partial charge in [-0.2, -0.15) is 0 Å². The number of carbonyl (C=O) groups is 4. The predicted octanol–water partition coefficient (Wildman–Crippen LogP) is 15.2. The predicted molar refractivity (Wildman–Crippen MR) is 268 cm³/mol. The zero-order chi connectivity index (χ0) is 49.2. The van der Waals surface area contributed by atoms with Crippen LogP contribution in [0.5, 0.6) is 23.0 Å². The summed E-state index contributed by atoms with van der Waals surface area (Å²) in [5.74, 6) is -6.17. The van der Waals surface area contributed by atoms with Crippen molar-refractivity contribution in [2.45, 2.75) is 90.9 Å². The first kappa shape index (κ1) is 50.2. The smallest absolute Gasteiger partial charge is 0.343 e. The first-order valence-corrected chi connectivity index (χ1v) is 24.0. The van der Waals surface area contributed by atoms with E-state index in [0.717, 1.165) is 59.4 Å². The maximum absolute atomic E-state index is 15.2. The summed E-state index contributed by atoms with van der Waals surface area (Å²) in [5.41, 5.74) is 6.52. The number of rotatable bonds is 22.